The zero-order chi connectivity index (χ0) is 30.3. The van der Waals surface area contributed by atoms with E-state index in [0.717, 1.165) is 25.3 Å². The Morgan fingerprint density at radius 1 is 0.929 bits per heavy atom. The Morgan fingerprint density at radius 3 is 2.10 bits per heavy atom. The van der Waals surface area contributed by atoms with Gasteiger partial charge >= 0.3 is 6.03 Å². The highest BCUT2D eigenvalue weighted by Crippen LogP contribution is 2.66. The number of hydrogen-bond donors (Lipinski definition) is 7. The highest BCUT2D eigenvalue weighted by molar-refractivity contribution is 5.96. The second-order valence-corrected chi connectivity index (χ2v) is 14.5. The number of aliphatic hydroxyl groups excluding tert-OH is 3. The first-order valence-corrected chi connectivity index (χ1v) is 15.2. The van der Waals surface area contributed by atoms with E-state index in [-0.39, 0.29) is 45.5 Å². The summed E-state index contributed by atoms with van der Waals surface area (Å²) in [6, 6.07) is 3.39. The first-order chi connectivity index (χ1) is 19.8. The molecule has 0 radical (unpaired) electrons. The summed E-state index contributed by atoms with van der Waals surface area (Å²) in [6.07, 6.45) is 8.47. The lowest BCUT2D eigenvalue weighted by atomic mass is 9.43. The number of aliphatic hydroxyl groups is 3. The van der Waals surface area contributed by atoms with E-state index in [0.29, 0.717) is 31.6 Å². The van der Waals surface area contributed by atoms with Crippen LogP contribution < -0.4 is 21.3 Å². The summed E-state index contributed by atoms with van der Waals surface area (Å²) in [5.74, 6) is -1.25. The van der Waals surface area contributed by atoms with Gasteiger partial charge < -0.3 is 36.6 Å². The molecule has 2 atom stereocenters. The second kappa shape index (κ2) is 11.4. The summed E-state index contributed by atoms with van der Waals surface area (Å²) in [7, 11) is 0. The van der Waals surface area contributed by atoms with Crippen molar-refractivity contribution in [1.29, 1.82) is 0 Å². The van der Waals surface area contributed by atoms with Crippen LogP contribution >= 0.6 is 0 Å². The number of carbonyl (C=O) groups is 3. The van der Waals surface area contributed by atoms with Crippen molar-refractivity contribution in [3.8, 4) is 0 Å². The summed E-state index contributed by atoms with van der Waals surface area (Å²) >= 11 is 0. The molecule has 5 aliphatic rings. The highest BCUT2D eigenvalue weighted by atomic mass is 19.1. The number of amides is 4. The minimum atomic E-state index is -1.47. The van der Waals surface area contributed by atoms with E-state index >= 15 is 4.39 Å². The summed E-state index contributed by atoms with van der Waals surface area (Å²) in [5.41, 5.74) is -1.11. The monoisotopic (exact) mass is 588 g/mol. The third kappa shape index (κ3) is 6.28. The van der Waals surface area contributed by atoms with Crippen molar-refractivity contribution in [3.05, 3.63) is 29.6 Å². The molecule has 5 fully saturated rings. The molecule has 0 aliphatic heterocycles. The molecule has 0 aromatic heterocycles. The zero-order valence-corrected chi connectivity index (χ0v) is 24.6. The molecule has 5 saturated carbocycles. The van der Waals surface area contributed by atoms with Gasteiger partial charge in [-0.15, -0.1) is 0 Å². The average Bonchev–Trinajstić information content (AvgIpc) is 2.91. The van der Waals surface area contributed by atoms with Crippen molar-refractivity contribution in [2.45, 2.75) is 95.2 Å². The summed E-state index contributed by atoms with van der Waals surface area (Å²) in [6.45, 7) is 2.89. The number of halogens is 1. The van der Waals surface area contributed by atoms with E-state index in [1.54, 1.807) is 0 Å². The fourth-order valence-electron chi connectivity index (χ4n) is 9.14. The molecule has 0 heterocycles. The first kappa shape index (κ1) is 30.7. The van der Waals surface area contributed by atoms with Gasteiger partial charge in [0.1, 0.15) is 11.4 Å². The number of rotatable bonds is 9. The van der Waals surface area contributed by atoms with Gasteiger partial charge in [-0.2, -0.15) is 0 Å². The van der Waals surface area contributed by atoms with Crippen LogP contribution in [-0.4, -0.2) is 70.1 Å². The van der Waals surface area contributed by atoms with Crippen LogP contribution in [0.2, 0.25) is 0 Å². The minimum Gasteiger partial charge on any atom is -0.394 e. The lowest BCUT2D eigenvalue weighted by Gasteiger charge is -2.65. The number of urea groups is 1. The first-order valence-electron chi connectivity index (χ1n) is 15.2. The molecule has 11 heteroatoms. The summed E-state index contributed by atoms with van der Waals surface area (Å²) < 4.78 is 15.0. The van der Waals surface area contributed by atoms with E-state index in [1.165, 1.54) is 31.4 Å². The van der Waals surface area contributed by atoms with Crippen molar-refractivity contribution in [1.82, 2.24) is 16.0 Å². The van der Waals surface area contributed by atoms with Crippen LogP contribution in [0.5, 0.6) is 0 Å². The predicted molar refractivity (Wildman–Crippen MR) is 154 cm³/mol. The van der Waals surface area contributed by atoms with Crippen LogP contribution in [0.15, 0.2) is 18.2 Å². The number of nitrogens with one attached hydrogen (secondary N) is 4. The highest BCUT2D eigenvalue weighted by Gasteiger charge is 2.60. The molecular formula is C31H45FN4O6. The largest absolute Gasteiger partial charge is 0.394 e. The van der Waals surface area contributed by atoms with E-state index in [2.05, 4.69) is 35.1 Å². The van der Waals surface area contributed by atoms with Gasteiger partial charge in [-0.25, -0.2) is 9.18 Å². The Bertz CT molecular complexity index is 1190. The number of carbonyl (C=O) groups excluding carboxylic acids is 3. The van der Waals surface area contributed by atoms with E-state index < -0.39 is 43.1 Å². The third-order valence-electron chi connectivity index (χ3n) is 10.2. The van der Waals surface area contributed by atoms with Crippen LogP contribution in [0.4, 0.5) is 14.9 Å². The molecule has 0 spiro atoms. The molecule has 7 N–H and O–H groups in total. The molecule has 1 aromatic rings. The molecule has 0 saturated heterocycles. The molecule has 232 valence electrons. The van der Waals surface area contributed by atoms with Crippen LogP contribution in [0.3, 0.4) is 0 Å². The lowest BCUT2D eigenvalue weighted by molar-refractivity contribution is -0.130. The molecule has 4 amide bonds. The molecule has 1 aromatic carbocycles. The zero-order valence-electron chi connectivity index (χ0n) is 24.6. The lowest BCUT2D eigenvalue weighted by Crippen LogP contribution is -2.65. The van der Waals surface area contributed by atoms with Crippen LogP contribution in [0.25, 0.3) is 0 Å². The molecule has 2 unspecified atom stereocenters. The van der Waals surface area contributed by atoms with Gasteiger partial charge in [0.15, 0.2) is 0 Å². The molecule has 42 heavy (non-hydrogen) atoms. The van der Waals surface area contributed by atoms with Crippen LogP contribution in [0, 0.1) is 28.5 Å². The normalized spacial score (nSPS) is 33.6. The standard InChI is InChI=1S/C31H45FN4O6/c1-28-10-19-11-29(2,13-28)15-30(12-19,14-28)36-27(42)34-24-8-5-21(9-23(24)32)25(40)33-22-6-3-20(4-7-22)26(41)35-31(16-37,17-38)18-39/h5,8-9,19-20,22,37-39H,3-4,6-7,10-18H2,1-2H3,(H,33,40)(H,35,41)(H2,34,36,42). The van der Waals surface area contributed by atoms with Gasteiger partial charge in [-0.3, -0.25) is 9.59 Å². The molecule has 6 rings (SSSR count). The van der Waals surface area contributed by atoms with Crippen molar-refractivity contribution >= 4 is 23.5 Å². The molecule has 5 aliphatic carbocycles. The second-order valence-electron chi connectivity index (χ2n) is 14.5. The quantitative estimate of drug-likeness (QED) is 0.235. The van der Waals surface area contributed by atoms with E-state index in [1.807, 2.05) is 0 Å². The van der Waals surface area contributed by atoms with Gasteiger partial charge in [0, 0.05) is 23.1 Å². The van der Waals surface area contributed by atoms with E-state index in [9.17, 15) is 29.7 Å². The van der Waals surface area contributed by atoms with Crippen LogP contribution in [-0.2, 0) is 4.79 Å². The minimum absolute atomic E-state index is 0.0161. The number of benzene rings is 1. The van der Waals surface area contributed by atoms with Crippen molar-refractivity contribution in [2.24, 2.45) is 22.7 Å². The molecule has 4 bridgehead atoms. The number of hydrogen-bond acceptors (Lipinski definition) is 6. The Hall–Kier alpha value is -2.76. The summed E-state index contributed by atoms with van der Waals surface area (Å²) in [5, 5.41) is 39.7. The van der Waals surface area contributed by atoms with Crippen molar-refractivity contribution in [2.75, 3.05) is 25.1 Å². The maximum absolute atomic E-state index is 15.0. The van der Waals surface area contributed by atoms with Gasteiger partial charge in [0.05, 0.1) is 25.5 Å². The smallest absolute Gasteiger partial charge is 0.319 e. The molecule has 10 nitrogen and oxygen atoms in total. The van der Waals surface area contributed by atoms with Crippen molar-refractivity contribution in [3.63, 3.8) is 0 Å². The SMILES string of the molecule is CC12CC3CC(C)(C1)CC(NC(=O)Nc1ccc(C(=O)NC4CCC(C(=O)NC(CO)(CO)CO)CC4)cc1F)(C3)C2. The Balaban J connectivity index is 1.12. The van der Waals surface area contributed by atoms with Crippen molar-refractivity contribution < 1.29 is 34.1 Å². The van der Waals surface area contributed by atoms with Gasteiger partial charge in [-0.05, 0) is 99.2 Å². The molecular weight excluding hydrogens is 543 g/mol. The summed E-state index contributed by atoms with van der Waals surface area (Å²) in [4.78, 5) is 38.4. The topological polar surface area (TPSA) is 160 Å². The Morgan fingerprint density at radius 2 is 1.55 bits per heavy atom. The predicted octanol–water partition coefficient (Wildman–Crippen LogP) is 2.82. The Kier molecular flexibility index (Phi) is 8.32. The van der Waals surface area contributed by atoms with E-state index in [4.69, 9.17) is 0 Å². The maximum Gasteiger partial charge on any atom is 0.319 e. The number of anilines is 1. The van der Waals surface area contributed by atoms with Gasteiger partial charge in [0.2, 0.25) is 5.91 Å². The van der Waals surface area contributed by atoms with Gasteiger partial charge in [0.25, 0.3) is 5.91 Å². The maximum atomic E-state index is 15.0. The Labute approximate surface area is 246 Å². The van der Waals surface area contributed by atoms with Crippen LogP contribution in [0.1, 0.15) is 88.4 Å². The van der Waals surface area contributed by atoms with Gasteiger partial charge in [-0.1, -0.05) is 13.8 Å². The third-order valence-corrected chi connectivity index (χ3v) is 10.2. The fraction of sp³-hybridized carbons (Fsp3) is 0.710. The fourth-order valence-corrected chi connectivity index (χ4v) is 9.14. The average molecular weight is 589 g/mol.